The summed E-state index contributed by atoms with van der Waals surface area (Å²) in [5.74, 6) is 0. The molecule has 0 heterocycles. The van der Waals surface area contributed by atoms with Gasteiger partial charge in [0.05, 0.1) is 23.6 Å². The van der Waals surface area contributed by atoms with Crippen molar-refractivity contribution in [2.75, 3.05) is 0 Å². The highest BCUT2D eigenvalue weighted by atomic mass is 32.2. The second-order valence-electron chi connectivity index (χ2n) is 7.04. The molecule has 1 N–H and O–H groups in total. The van der Waals surface area contributed by atoms with Crippen molar-refractivity contribution in [3.05, 3.63) is 76.2 Å². The lowest BCUT2D eigenvalue weighted by atomic mass is 9.89. The summed E-state index contributed by atoms with van der Waals surface area (Å²) in [6.45, 7) is 2.37. The molecule has 0 unspecified atom stereocenters. The van der Waals surface area contributed by atoms with E-state index >= 15 is 0 Å². The summed E-state index contributed by atoms with van der Waals surface area (Å²) in [5, 5.41) is 3.81. The highest BCUT2D eigenvalue weighted by Gasteiger charge is 2.33. The van der Waals surface area contributed by atoms with E-state index in [1.54, 1.807) is 24.3 Å². The number of nitrogens with one attached hydrogen (secondary N) is 1. The van der Waals surface area contributed by atoms with Crippen molar-refractivity contribution in [3.63, 3.8) is 0 Å². The number of ether oxygens (including phenoxy) is 1. The van der Waals surface area contributed by atoms with Crippen molar-refractivity contribution in [1.29, 1.82) is 0 Å². The van der Waals surface area contributed by atoms with Crippen LogP contribution in [0.15, 0.2) is 64.6 Å². The van der Waals surface area contributed by atoms with E-state index in [0.717, 1.165) is 17.5 Å². The zero-order valence-corrected chi connectivity index (χ0v) is 16.5. The summed E-state index contributed by atoms with van der Waals surface area (Å²) in [6, 6.07) is 15.6. The van der Waals surface area contributed by atoms with Gasteiger partial charge in [-0.1, -0.05) is 53.1 Å². The first-order chi connectivity index (χ1) is 13.5. The number of hydrogen-bond acceptors (Lipinski definition) is 4. The van der Waals surface area contributed by atoms with Crippen LogP contribution in [-0.2, 0) is 21.4 Å². The van der Waals surface area contributed by atoms with Crippen LogP contribution in [0.4, 0.5) is 0 Å². The standard InChI is InChI=1S/C20H24N4O3S/c1-15-7-10-18(11-8-15)28(25,26)23-20-13-17(9-12-19(20)22-24-21)27-14-16-5-3-2-4-6-16/h2-8,10-11,17,19-20,23H,9,12-14H2,1H3/t17-,19+,20+/m0/s1. The van der Waals surface area contributed by atoms with Gasteiger partial charge in [-0.05, 0) is 49.4 Å². The molecule has 1 aliphatic rings. The molecule has 28 heavy (non-hydrogen) atoms. The number of hydrogen-bond donors (Lipinski definition) is 1. The summed E-state index contributed by atoms with van der Waals surface area (Å²) in [5.41, 5.74) is 10.9. The molecule has 0 bridgehead atoms. The van der Waals surface area contributed by atoms with Crippen molar-refractivity contribution in [2.45, 2.75) is 55.9 Å². The minimum absolute atomic E-state index is 0.101. The summed E-state index contributed by atoms with van der Waals surface area (Å²) in [6.07, 6.45) is 1.65. The van der Waals surface area contributed by atoms with E-state index in [4.69, 9.17) is 10.3 Å². The maximum Gasteiger partial charge on any atom is 0.240 e. The first kappa shape index (κ1) is 20.4. The fraction of sp³-hybridized carbons (Fsp3) is 0.400. The third-order valence-electron chi connectivity index (χ3n) is 4.93. The molecule has 1 saturated carbocycles. The molecule has 1 fully saturated rings. The molecule has 1 aliphatic carbocycles. The van der Waals surface area contributed by atoms with Crippen LogP contribution < -0.4 is 4.72 Å². The molecule has 0 amide bonds. The molecule has 8 heteroatoms. The van der Waals surface area contributed by atoms with Gasteiger partial charge >= 0.3 is 0 Å². The Balaban J connectivity index is 1.69. The van der Waals surface area contributed by atoms with Crippen molar-refractivity contribution < 1.29 is 13.2 Å². The number of azide groups is 1. The van der Waals surface area contributed by atoms with Gasteiger partial charge < -0.3 is 4.74 Å². The van der Waals surface area contributed by atoms with Crippen LogP contribution in [-0.4, -0.2) is 26.6 Å². The third kappa shape index (κ3) is 5.33. The molecule has 0 aliphatic heterocycles. The molecule has 0 radical (unpaired) electrons. The molecule has 148 valence electrons. The molecular weight excluding hydrogens is 376 g/mol. The summed E-state index contributed by atoms with van der Waals surface area (Å²) in [4.78, 5) is 3.09. The van der Waals surface area contributed by atoms with E-state index in [-0.39, 0.29) is 11.0 Å². The Morgan fingerprint density at radius 1 is 1.14 bits per heavy atom. The predicted octanol–water partition coefficient (Wildman–Crippen LogP) is 4.09. The Morgan fingerprint density at radius 3 is 2.54 bits per heavy atom. The number of aryl methyl sites for hydroxylation is 1. The lowest BCUT2D eigenvalue weighted by Crippen LogP contribution is -2.47. The normalized spacial score (nSPS) is 22.4. The van der Waals surface area contributed by atoms with Crippen LogP contribution in [0.5, 0.6) is 0 Å². The number of benzene rings is 2. The van der Waals surface area contributed by atoms with E-state index in [1.165, 1.54) is 0 Å². The van der Waals surface area contributed by atoms with E-state index in [1.807, 2.05) is 37.3 Å². The first-order valence-corrected chi connectivity index (χ1v) is 10.7. The highest BCUT2D eigenvalue weighted by molar-refractivity contribution is 7.89. The summed E-state index contributed by atoms with van der Waals surface area (Å²) in [7, 11) is -3.71. The average Bonchev–Trinajstić information content (AvgIpc) is 2.69. The maximum absolute atomic E-state index is 12.8. The van der Waals surface area contributed by atoms with E-state index in [9.17, 15) is 8.42 Å². The van der Waals surface area contributed by atoms with Crippen molar-refractivity contribution >= 4 is 10.0 Å². The van der Waals surface area contributed by atoms with E-state index in [2.05, 4.69) is 14.7 Å². The van der Waals surface area contributed by atoms with Gasteiger partial charge in [-0.3, -0.25) is 0 Å². The molecule has 3 rings (SSSR count). The molecule has 3 atom stereocenters. The summed E-state index contributed by atoms with van der Waals surface area (Å²) >= 11 is 0. The lowest BCUT2D eigenvalue weighted by molar-refractivity contribution is 0.00703. The van der Waals surface area contributed by atoms with Crippen molar-refractivity contribution in [1.82, 2.24) is 4.72 Å². The fourth-order valence-electron chi connectivity index (χ4n) is 3.37. The Morgan fingerprint density at radius 2 is 1.86 bits per heavy atom. The van der Waals surface area contributed by atoms with Crippen LogP contribution in [0.3, 0.4) is 0 Å². The largest absolute Gasteiger partial charge is 0.373 e. The Kier molecular flexibility index (Phi) is 6.70. The van der Waals surface area contributed by atoms with Crippen LogP contribution in [0.2, 0.25) is 0 Å². The fourth-order valence-corrected chi connectivity index (χ4v) is 4.65. The minimum atomic E-state index is -3.71. The highest BCUT2D eigenvalue weighted by Crippen LogP contribution is 2.26. The monoisotopic (exact) mass is 400 g/mol. The van der Waals surface area contributed by atoms with Crippen LogP contribution in [0.1, 0.15) is 30.4 Å². The Labute approximate surface area is 165 Å². The van der Waals surface area contributed by atoms with Crippen LogP contribution in [0, 0.1) is 6.92 Å². The quantitative estimate of drug-likeness (QED) is 0.430. The molecule has 0 aromatic heterocycles. The SMILES string of the molecule is Cc1ccc(S(=O)(=O)N[C@@H]2C[C@@H](OCc3ccccc3)CC[C@H]2N=[N+]=[N-])cc1. The van der Waals surface area contributed by atoms with Gasteiger partial charge in [0.2, 0.25) is 10.0 Å². The van der Waals surface area contributed by atoms with Crippen LogP contribution >= 0.6 is 0 Å². The van der Waals surface area contributed by atoms with Gasteiger partial charge in [-0.15, -0.1) is 0 Å². The molecular formula is C20H24N4O3S. The molecule has 2 aromatic carbocycles. The Bertz CT molecular complexity index is 926. The number of sulfonamides is 1. The number of nitrogens with zero attached hydrogens (tertiary/aromatic N) is 3. The molecule has 7 nitrogen and oxygen atoms in total. The van der Waals surface area contributed by atoms with Gasteiger partial charge in [0.1, 0.15) is 0 Å². The molecule has 0 spiro atoms. The molecule has 0 saturated heterocycles. The smallest absolute Gasteiger partial charge is 0.240 e. The van der Waals surface area contributed by atoms with Crippen LogP contribution in [0.25, 0.3) is 10.4 Å². The van der Waals surface area contributed by atoms with E-state index < -0.39 is 22.1 Å². The van der Waals surface area contributed by atoms with Gasteiger partial charge in [0.25, 0.3) is 0 Å². The van der Waals surface area contributed by atoms with Gasteiger partial charge in [-0.25, -0.2) is 13.1 Å². The minimum Gasteiger partial charge on any atom is -0.373 e. The van der Waals surface area contributed by atoms with E-state index in [0.29, 0.717) is 19.4 Å². The second kappa shape index (κ2) is 9.21. The number of rotatable bonds is 7. The maximum atomic E-state index is 12.8. The predicted molar refractivity (Wildman–Crippen MR) is 107 cm³/mol. The first-order valence-electron chi connectivity index (χ1n) is 9.26. The van der Waals surface area contributed by atoms with Gasteiger partial charge in [0, 0.05) is 11.0 Å². The lowest BCUT2D eigenvalue weighted by Gasteiger charge is -2.34. The van der Waals surface area contributed by atoms with Crippen molar-refractivity contribution in [2.24, 2.45) is 5.11 Å². The van der Waals surface area contributed by atoms with Crippen molar-refractivity contribution in [3.8, 4) is 0 Å². The third-order valence-corrected chi connectivity index (χ3v) is 6.44. The average molecular weight is 401 g/mol. The summed E-state index contributed by atoms with van der Waals surface area (Å²) < 4.78 is 34.2. The Hall–Kier alpha value is -2.38. The molecule has 2 aromatic rings. The second-order valence-corrected chi connectivity index (χ2v) is 8.76. The van der Waals surface area contributed by atoms with Gasteiger partial charge in [-0.2, -0.15) is 0 Å². The zero-order valence-electron chi connectivity index (χ0n) is 15.7. The van der Waals surface area contributed by atoms with Gasteiger partial charge in [0.15, 0.2) is 0 Å². The zero-order chi connectivity index (χ0) is 20.0. The topological polar surface area (TPSA) is 104 Å².